The molecule has 0 spiro atoms. The lowest BCUT2D eigenvalue weighted by atomic mass is 10.2. The fourth-order valence-corrected chi connectivity index (χ4v) is 3.23. The van der Waals surface area contributed by atoms with Crippen LogP contribution >= 0.6 is 23.2 Å². The lowest BCUT2D eigenvalue weighted by Gasteiger charge is -2.17. The molecule has 5 heteroatoms. The molecule has 0 atom stereocenters. The molecule has 1 heterocycles. The van der Waals surface area contributed by atoms with Gasteiger partial charge in [0.15, 0.2) is 0 Å². The number of likely N-dealkylation sites (tertiary alicyclic amines) is 1. The highest BCUT2D eigenvalue weighted by Crippen LogP contribution is 2.32. The molecule has 0 aliphatic carbocycles. The van der Waals surface area contributed by atoms with Crippen LogP contribution in [0.15, 0.2) is 12.1 Å². The summed E-state index contributed by atoms with van der Waals surface area (Å²) in [4.78, 5) is 2.49. The molecule has 0 unspecified atom stereocenters. The molecule has 21 heavy (non-hydrogen) atoms. The number of hydrogen-bond donors (Lipinski definition) is 1. The Labute approximate surface area is 137 Å². The van der Waals surface area contributed by atoms with E-state index in [1.165, 1.54) is 25.9 Å². The third kappa shape index (κ3) is 5.33. The molecule has 1 N–H and O–H groups in total. The van der Waals surface area contributed by atoms with Crippen LogP contribution < -0.4 is 10.1 Å². The average Bonchev–Trinajstić information content (AvgIpc) is 2.96. The molecule has 1 aliphatic rings. The second kappa shape index (κ2) is 8.84. The molecule has 2 rings (SSSR count). The van der Waals surface area contributed by atoms with Gasteiger partial charge in [0, 0.05) is 23.7 Å². The molecular weight excluding hydrogens is 307 g/mol. The maximum absolute atomic E-state index is 6.27. The van der Waals surface area contributed by atoms with Gasteiger partial charge in [-0.1, -0.05) is 30.1 Å². The number of nitrogens with zero attached hydrogens (tertiary/aromatic N) is 1. The van der Waals surface area contributed by atoms with Crippen molar-refractivity contribution in [3.05, 3.63) is 27.7 Å². The number of ether oxygens (including phenoxy) is 1. The lowest BCUT2D eigenvalue weighted by molar-refractivity contribution is 0.261. The van der Waals surface area contributed by atoms with Gasteiger partial charge in [0.2, 0.25) is 0 Å². The second-order valence-corrected chi connectivity index (χ2v) is 6.25. The Morgan fingerprint density at radius 3 is 2.71 bits per heavy atom. The van der Waals surface area contributed by atoms with Crippen molar-refractivity contribution < 1.29 is 4.74 Å². The van der Waals surface area contributed by atoms with Crippen LogP contribution in [0.4, 0.5) is 0 Å². The minimum atomic E-state index is 0.594. The van der Waals surface area contributed by atoms with Gasteiger partial charge < -0.3 is 15.0 Å². The smallest absolute Gasteiger partial charge is 0.142 e. The van der Waals surface area contributed by atoms with E-state index in [9.17, 15) is 0 Å². The van der Waals surface area contributed by atoms with E-state index in [1.807, 2.05) is 6.07 Å². The predicted molar refractivity (Wildman–Crippen MR) is 89.6 cm³/mol. The SMILES string of the molecule is CCNCc1cc(Cl)cc(Cl)c1OCCCN1CCCC1. The zero-order valence-corrected chi connectivity index (χ0v) is 14.1. The van der Waals surface area contributed by atoms with Crippen molar-refractivity contribution in [1.29, 1.82) is 0 Å². The lowest BCUT2D eigenvalue weighted by Crippen LogP contribution is -2.22. The summed E-state index contributed by atoms with van der Waals surface area (Å²) in [6, 6.07) is 3.67. The largest absolute Gasteiger partial charge is 0.492 e. The number of benzene rings is 1. The minimum absolute atomic E-state index is 0.594. The van der Waals surface area contributed by atoms with Gasteiger partial charge >= 0.3 is 0 Å². The van der Waals surface area contributed by atoms with Gasteiger partial charge in [-0.3, -0.25) is 0 Å². The highest BCUT2D eigenvalue weighted by Gasteiger charge is 2.13. The first kappa shape index (κ1) is 16.9. The summed E-state index contributed by atoms with van der Waals surface area (Å²) in [6.45, 7) is 7.95. The topological polar surface area (TPSA) is 24.5 Å². The normalized spacial score (nSPS) is 15.6. The van der Waals surface area contributed by atoms with E-state index in [2.05, 4.69) is 17.1 Å². The molecule has 1 aromatic carbocycles. The van der Waals surface area contributed by atoms with Gasteiger partial charge in [0.25, 0.3) is 0 Å². The van der Waals surface area contributed by atoms with Crippen LogP contribution in [0.5, 0.6) is 5.75 Å². The maximum atomic E-state index is 6.27. The summed E-state index contributed by atoms with van der Waals surface area (Å²) in [7, 11) is 0. The summed E-state index contributed by atoms with van der Waals surface area (Å²) < 4.78 is 5.92. The van der Waals surface area contributed by atoms with E-state index < -0.39 is 0 Å². The van der Waals surface area contributed by atoms with Crippen LogP contribution in [0.1, 0.15) is 31.7 Å². The van der Waals surface area contributed by atoms with Crippen molar-refractivity contribution in [1.82, 2.24) is 10.2 Å². The third-order valence-electron chi connectivity index (χ3n) is 3.71. The minimum Gasteiger partial charge on any atom is -0.492 e. The molecular formula is C16H24Cl2N2O. The molecule has 0 saturated carbocycles. The summed E-state index contributed by atoms with van der Waals surface area (Å²) in [6.07, 6.45) is 3.69. The van der Waals surface area contributed by atoms with E-state index in [4.69, 9.17) is 27.9 Å². The van der Waals surface area contributed by atoms with Gasteiger partial charge in [-0.25, -0.2) is 0 Å². The predicted octanol–water partition coefficient (Wildman–Crippen LogP) is 3.97. The van der Waals surface area contributed by atoms with Gasteiger partial charge in [-0.2, -0.15) is 0 Å². The van der Waals surface area contributed by atoms with Crippen LogP contribution in [0.3, 0.4) is 0 Å². The van der Waals surface area contributed by atoms with E-state index in [0.717, 1.165) is 37.4 Å². The Balaban J connectivity index is 1.87. The zero-order chi connectivity index (χ0) is 15.1. The van der Waals surface area contributed by atoms with Gasteiger partial charge in [-0.15, -0.1) is 0 Å². The Hall–Kier alpha value is -0.480. The van der Waals surface area contributed by atoms with Crippen molar-refractivity contribution in [2.45, 2.75) is 32.7 Å². The molecule has 1 aliphatic heterocycles. The molecule has 0 amide bonds. The van der Waals surface area contributed by atoms with Crippen molar-refractivity contribution >= 4 is 23.2 Å². The molecule has 3 nitrogen and oxygen atoms in total. The fraction of sp³-hybridized carbons (Fsp3) is 0.625. The van der Waals surface area contributed by atoms with Crippen LogP contribution in [0, 0.1) is 0 Å². The van der Waals surface area contributed by atoms with E-state index in [1.54, 1.807) is 6.07 Å². The molecule has 118 valence electrons. The quantitative estimate of drug-likeness (QED) is 0.730. The summed E-state index contributed by atoms with van der Waals surface area (Å²) >= 11 is 12.3. The van der Waals surface area contributed by atoms with Crippen LogP contribution in [-0.2, 0) is 6.54 Å². The fourth-order valence-electron chi connectivity index (χ4n) is 2.63. The first-order valence-corrected chi connectivity index (χ1v) is 8.50. The summed E-state index contributed by atoms with van der Waals surface area (Å²) in [5.74, 6) is 0.767. The first-order chi connectivity index (χ1) is 10.2. The highest BCUT2D eigenvalue weighted by molar-refractivity contribution is 6.35. The van der Waals surface area contributed by atoms with Gasteiger partial charge in [0.05, 0.1) is 11.6 Å². The molecule has 0 bridgehead atoms. The van der Waals surface area contributed by atoms with Crippen LogP contribution in [0.25, 0.3) is 0 Å². The second-order valence-electron chi connectivity index (χ2n) is 5.41. The Morgan fingerprint density at radius 2 is 2.00 bits per heavy atom. The average molecular weight is 331 g/mol. The van der Waals surface area contributed by atoms with Crippen molar-refractivity contribution in [3.8, 4) is 5.75 Å². The monoisotopic (exact) mass is 330 g/mol. The maximum Gasteiger partial charge on any atom is 0.142 e. The number of nitrogens with one attached hydrogen (secondary N) is 1. The van der Waals surface area contributed by atoms with Crippen molar-refractivity contribution in [2.75, 3.05) is 32.8 Å². The number of halogens is 2. The molecule has 1 saturated heterocycles. The summed E-state index contributed by atoms with van der Waals surface area (Å²) in [5.41, 5.74) is 1.02. The number of rotatable bonds is 8. The highest BCUT2D eigenvalue weighted by atomic mass is 35.5. The Bertz CT molecular complexity index is 448. The van der Waals surface area contributed by atoms with Crippen LogP contribution in [0.2, 0.25) is 10.0 Å². The Kier molecular flexibility index (Phi) is 7.11. The Morgan fingerprint density at radius 1 is 1.24 bits per heavy atom. The van der Waals surface area contributed by atoms with Gasteiger partial charge in [-0.05, 0) is 51.0 Å². The van der Waals surface area contributed by atoms with E-state index in [-0.39, 0.29) is 0 Å². The molecule has 1 fully saturated rings. The molecule has 1 aromatic rings. The molecule has 0 radical (unpaired) electrons. The van der Waals surface area contributed by atoms with Gasteiger partial charge in [0.1, 0.15) is 5.75 Å². The molecule has 0 aromatic heterocycles. The van der Waals surface area contributed by atoms with Crippen molar-refractivity contribution in [2.24, 2.45) is 0 Å². The zero-order valence-electron chi connectivity index (χ0n) is 12.6. The summed E-state index contributed by atoms with van der Waals surface area (Å²) in [5, 5.41) is 4.53. The number of hydrogen-bond acceptors (Lipinski definition) is 3. The van der Waals surface area contributed by atoms with Crippen molar-refractivity contribution in [3.63, 3.8) is 0 Å². The van der Waals surface area contributed by atoms with E-state index in [0.29, 0.717) is 16.7 Å². The first-order valence-electron chi connectivity index (χ1n) is 7.74. The van der Waals surface area contributed by atoms with E-state index >= 15 is 0 Å². The third-order valence-corrected chi connectivity index (χ3v) is 4.21. The van der Waals surface area contributed by atoms with Crippen LogP contribution in [-0.4, -0.2) is 37.7 Å². The standard InChI is InChI=1S/C16H24Cl2N2O/c1-2-19-12-13-10-14(17)11-15(18)16(13)21-9-5-8-20-6-3-4-7-20/h10-11,19H,2-9,12H2,1H3.